The predicted octanol–water partition coefficient (Wildman–Crippen LogP) is 2.81. The van der Waals surface area contributed by atoms with Crippen molar-refractivity contribution in [3.8, 4) is 0 Å². The van der Waals surface area contributed by atoms with Gasteiger partial charge in [0, 0.05) is 5.56 Å². The second kappa shape index (κ2) is 7.20. The summed E-state index contributed by atoms with van der Waals surface area (Å²) in [5, 5.41) is 12.0. The molecule has 0 aliphatic rings. The Bertz CT molecular complexity index is 619. The fourth-order valence-electron chi connectivity index (χ4n) is 1.97. The lowest BCUT2D eigenvalue weighted by atomic mass is 10.1. The van der Waals surface area contributed by atoms with E-state index in [4.69, 9.17) is 11.6 Å². The third-order valence-electron chi connectivity index (χ3n) is 3.06. The minimum atomic E-state index is -0.573. The molecule has 0 saturated carbocycles. The van der Waals surface area contributed by atoms with Gasteiger partial charge in [0.25, 0.3) is 5.91 Å². The van der Waals surface area contributed by atoms with Crippen LogP contribution in [0.2, 0.25) is 5.02 Å². The van der Waals surface area contributed by atoms with E-state index in [1.807, 2.05) is 30.3 Å². The molecule has 2 rings (SSSR count). The topological polar surface area (TPSA) is 49.3 Å². The molecular weight excluding hydrogens is 293 g/mol. The van der Waals surface area contributed by atoms with Gasteiger partial charge < -0.3 is 10.4 Å². The van der Waals surface area contributed by atoms with Crippen molar-refractivity contribution < 1.29 is 14.3 Å². The molecule has 0 aliphatic heterocycles. The van der Waals surface area contributed by atoms with Crippen molar-refractivity contribution in [2.75, 3.05) is 6.61 Å². The highest BCUT2D eigenvalue weighted by atomic mass is 35.5. The van der Waals surface area contributed by atoms with E-state index in [9.17, 15) is 14.3 Å². The van der Waals surface area contributed by atoms with Crippen molar-refractivity contribution in [1.29, 1.82) is 0 Å². The fourth-order valence-corrected chi connectivity index (χ4v) is 2.15. The maximum atomic E-state index is 13.1. The lowest BCUT2D eigenvalue weighted by Crippen LogP contribution is -2.39. The molecule has 2 aromatic carbocycles. The van der Waals surface area contributed by atoms with Gasteiger partial charge in [0.15, 0.2) is 0 Å². The van der Waals surface area contributed by atoms with Crippen LogP contribution in [-0.2, 0) is 6.42 Å². The molecule has 1 amide bonds. The smallest absolute Gasteiger partial charge is 0.251 e. The van der Waals surface area contributed by atoms with Crippen LogP contribution in [0.25, 0.3) is 0 Å². The number of nitrogens with one attached hydrogen (secondary N) is 1. The van der Waals surface area contributed by atoms with E-state index in [2.05, 4.69) is 5.32 Å². The molecule has 5 heteroatoms. The number of carbonyl (C=O) groups excluding carboxylic acids is 1. The van der Waals surface area contributed by atoms with E-state index in [1.165, 1.54) is 12.1 Å². The predicted molar refractivity (Wildman–Crippen MR) is 79.9 cm³/mol. The Balaban J connectivity index is 2.04. The maximum Gasteiger partial charge on any atom is 0.251 e. The van der Waals surface area contributed by atoms with Crippen LogP contribution in [-0.4, -0.2) is 23.7 Å². The van der Waals surface area contributed by atoms with E-state index in [0.29, 0.717) is 6.42 Å². The Kier molecular flexibility index (Phi) is 5.31. The maximum absolute atomic E-state index is 13.1. The number of hydrogen-bond acceptors (Lipinski definition) is 2. The summed E-state index contributed by atoms with van der Waals surface area (Å²) in [6.45, 7) is -0.185. The molecule has 0 bridgehead atoms. The van der Waals surface area contributed by atoms with Gasteiger partial charge in [-0.2, -0.15) is 0 Å². The third kappa shape index (κ3) is 4.28. The van der Waals surface area contributed by atoms with E-state index in [-0.39, 0.29) is 17.2 Å². The molecule has 2 N–H and O–H groups in total. The summed E-state index contributed by atoms with van der Waals surface area (Å²) in [6.07, 6.45) is 0.512. The summed E-state index contributed by atoms with van der Waals surface area (Å²) >= 11 is 5.65. The normalized spacial score (nSPS) is 12.0. The molecule has 0 heterocycles. The van der Waals surface area contributed by atoms with Gasteiger partial charge in [0.2, 0.25) is 0 Å². The van der Waals surface area contributed by atoms with Gasteiger partial charge in [-0.25, -0.2) is 4.39 Å². The number of carbonyl (C=O) groups is 1. The van der Waals surface area contributed by atoms with Crippen molar-refractivity contribution in [2.45, 2.75) is 12.5 Å². The van der Waals surface area contributed by atoms with E-state index in [1.54, 1.807) is 0 Å². The Morgan fingerprint density at radius 3 is 2.57 bits per heavy atom. The van der Waals surface area contributed by atoms with Gasteiger partial charge in [-0.1, -0.05) is 41.9 Å². The van der Waals surface area contributed by atoms with E-state index >= 15 is 0 Å². The van der Waals surface area contributed by atoms with Crippen molar-refractivity contribution in [3.05, 3.63) is 70.5 Å². The van der Waals surface area contributed by atoms with Crippen LogP contribution in [0.1, 0.15) is 15.9 Å². The van der Waals surface area contributed by atoms with Crippen LogP contribution < -0.4 is 5.32 Å². The number of benzene rings is 2. The summed E-state index contributed by atoms with van der Waals surface area (Å²) in [7, 11) is 0. The fraction of sp³-hybridized carbons (Fsp3) is 0.188. The van der Waals surface area contributed by atoms with Crippen LogP contribution >= 0.6 is 11.6 Å². The van der Waals surface area contributed by atoms with Gasteiger partial charge in [-0.05, 0) is 30.2 Å². The molecule has 0 fully saturated rings. The van der Waals surface area contributed by atoms with Crippen molar-refractivity contribution in [1.82, 2.24) is 5.32 Å². The molecule has 1 atom stereocenters. The monoisotopic (exact) mass is 307 g/mol. The van der Waals surface area contributed by atoms with Crippen LogP contribution in [0.15, 0.2) is 48.5 Å². The van der Waals surface area contributed by atoms with Crippen LogP contribution in [0, 0.1) is 5.82 Å². The van der Waals surface area contributed by atoms with Crippen LogP contribution in [0.5, 0.6) is 0 Å². The number of amides is 1. The highest BCUT2D eigenvalue weighted by Crippen LogP contribution is 2.16. The summed E-state index contributed by atoms with van der Waals surface area (Å²) in [6, 6.07) is 12.9. The minimum absolute atomic E-state index is 0.105. The number of hydrogen-bond donors (Lipinski definition) is 2. The molecule has 0 aromatic heterocycles. The van der Waals surface area contributed by atoms with E-state index < -0.39 is 17.8 Å². The zero-order chi connectivity index (χ0) is 15.2. The van der Waals surface area contributed by atoms with Gasteiger partial charge in [-0.15, -0.1) is 0 Å². The zero-order valence-electron chi connectivity index (χ0n) is 11.2. The molecular formula is C16H15ClFNO2. The standard InChI is InChI=1S/C16H15ClFNO2/c17-14-9-12(6-7-15(14)18)16(21)19-13(10-20)8-11-4-2-1-3-5-11/h1-7,9,13,20H,8,10H2,(H,19,21)/t13-/m0/s1. The highest BCUT2D eigenvalue weighted by molar-refractivity contribution is 6.31. The Hall–Kier alpha value is -1.91. The van der Waals surface area contributed by atoms with Gasteiger partial charge in [-0.3, -0.25) is 4.79 Å². The summed E-state index contributed by atoms with van der Waals surface area (Å²) in [5.74, 6) is -0.969. The van der Waals surface area contributed by atoms with Crippen molar-refractivity contribution in [2.24, 2.45) is 0 Å². The van der Waals surface area contributed by atoms with E-state index in [0.717, 1.165) is 11.6 Å². The third-order valence-corrected chi connectivity index (χ3v) is 3.35. The van der Waals surface area contributed by atoms with Crippen LogP contribution in [0.4, 0.5) is 4.39 Å². The summed E-state index contributed by atoms with van der Waals surface area (Å²) < 4.78 is 13.1. The molecule has 0 radical (unpaired) electrons. The molecule has 2 aromatic rings. The van der Waals surface area contributed by atoms with Crippen LogP contribution in [0.3, 0.4) is 0 Å². The zero-order valence-corrected chi connectivity index (χ0v) is 12.0. The number of aliphatic hydroxyl groups excluding tert-OH is 1. The first-order valence-corrected chi connectivity index (χ1v) is 6.88. The lowest BCUT2D eigenvalue weighted by molar-refractivity contribution is 0.0916. The van der Waals surface area contributed by atoms with Gasteiger partial charge in [0.05, 0.1) is 17.7 Å². The SMILES string of the molecule is O=C(N[C@H](CO)Cc1ccccc1)c1ccc(F)c(Cl)c1. The molecule has 110 valence electrons. The Morgan fingerprint density at radius 1 is 1.24 bits per heavy atom. The Labute approximate surface area is 127 Å². The molecule has 0 unspecified atom stereocenters. The summed E-state index contributed by atoms with van der Waals surface area (Å²) in [4.78, 5) is 12.1. The minimum Gasteiger partial charge on any atom is -0.394 e. The average molecular weight is 308 g/mol. The molecule has 0 spiro atoms. The molecule has 0 aliphatic carbocycles. The largest absolute Gasteiger partial charge is 0.394 e. The number of rotatable bonds is 5. The lowest BCUT2D eigenvalue weighted by Gasteiger charge is -2.16. The highest BCUT2D eigenvalue weighted by Gasteiger charge is 2.14. The average Bonchev–Trinajstić information content (AvgIpc) is 2.50. The molecule has 0 saturated heterocycles. The second-order valence-electron chi connectivity index (χ2n) is 4.67. The van der Waals surface area contributed by atoms with Gasteiger partial charge >= 0.3 is 0 Å². The molecule has 3 nitrogen and oxygen atoms in total. The molecule has 21 heavy (non-hydrogen) atoms. The number of aliphatic hydroxyl groups is 1. The van der Waals surface area contributed by atoms with Crippen molar-refractivity contribution in [3.63, 3.8) is 0 Å². The van der Waals surface area contributed by atoms with Crippen molar-refractivity contribution >= 4 is 17.5 Å². The Morgan fingerprint density at radius 2 is 1.95 bits per heavy atom. The second-order valence-corrected chi connectivity index (χ2v) is 5.08. The number of halogens is 2. The summed E-state index contributed by atoms with van der Waals surface area (Å²) in [5.41, 5.74) is 1.27. The first-order chi connectivity index (χ1) is 10.1. The first-order valence-electron chi connectivity index (χ1n) is 6.51. The van der Waals surface area contributed by atoms with Gasteiger partial charge in [0.1, 0.15) is 5.82 Å². The quantitative estimate of drug-likeness (QED) is 0.892. The first kappa shape index (κ1) is 15.5.